The number of anilines is 1. The number of nitrogens with zero attached hydrogens (tertiary/aromatic N) is 1. The average Bonchev–Trinajstić information content (AvgIpc) is 2.58. The molecule has 2 aromatic rings. The molecule has 1 amide bonds. The molecule has 0 fully saturated rings. The molecule has 0 radical (unpaired) electrons. The van der Waals surface area contributed by atoms with Gasteiger partial charge in [0.2, 0.25) is 0 Å². The fourth-order valence-electron chi connectivity index (χ4n) is 2.64. The highest BCUT2D eigenvalue weighted by molar-refractivity contribution is 6.06. The molecule has 28 heavy (non-hydrogen) atoms. The molecule has 6 nitrogen and oxygen atoms in total. The number of aryl methyl sites for hydroxylation is 2. The molecule has 150 valence electrons. The Hall–Kier alpha value is -3.23. The van der Waals surface area contributed by atoms with Gasteiger partial charge in [0.1, 0.15) is 11.5 Å². The number of amides is 1. The third kappa shape index (κ3) is 5.38. The summed E-state index contributed by atoms with van der Waals surface area (Å²) in [6, 6.07) is 8.12. The fourth-order valence-corrected chi connectivity index (χ4v) is 2.64. The number of alkyl halides is 3. The molecule has 0 aromatic heterocycles. The highest BCUT2D eigenvalue weighted by atomic mass is 19.4. The number of carboxylic acids is 1. The number of ether oxygens (including phenoxy) is 2. The van der Waals surface area contributed by atoms with Gasteiger partial charge in [0.05, 0.1) is 0 Å². The number of benzene rings is 2. The van der Waals surface area contributed by atoms with Crippen molar-refractivity contribution in [1.82, 2.24) is 0 Å². The highest BCUT2D eigenvalue weighted by Crippen LogP contribution is 2.29. The molecule has 2 rings (SSSR count). The second-order valence-electron chi connectivity index (χ2n) is 6.03. The van der Waals surface area contributed by atoms with Gasteiger partial charge in [-0.25, -0.2) is 4.79 Å². The fraction of sp³-hybridized carbons (Fsp3) is 0.263. The molecular weight excluding hydrogens is 379 g/mol. The summed E-state index contributed by atoms with van der Waals surface area (Å²) in [7, 11) is 1.43. The number of carbonyl (C=O) groups excluding carboxylic acids is 1. The van der Waals surface area contributed by atoms with Gasteiger partial charge in [0.25, 0.3) is 5.91 Å². The van der Waals surface area contributed by atoms with Crippen LogP contribution in [-0.4, -0.2) is 37.0 Å². The number of rotatable bonds is 6. The van der Waals surface area contributed by atoms with Crippen molar-refractivity contribution in [3.8, 4) is 11.5 Å². The Labute approximate surface area is 159 Å². The van der Waals surface area contributed by atoms with Gasteiger partial charge in [-0.05, 0) is 49.2 Å². The van der Waals surface area contributed by atoms with E-state index in [1.165, 1.54) is 36.2 Å². The summed E-state index contributed by atoms with van der Waals surface area (Å²) in [5, 5.41) is 8.72. The number of carbonyl (C=O) groups is 2. The van der Waals surface area contributed by atoms with Crippen molar-refractivity contribution in [3.63, 3.8) is 0 Å². The Balaban J connectivity index is 2.26. The third-order valence-electron chi connectivity index (χ3n) is 3.79. The minimum atomic E-state index is -4.83. The van der Waals surface area contributed by atoms with Gasteiger partial charge in [-0.1, -0.05) is 6.07 Å². The maximum absolute atomic E-state index is 12.8. The molecule has 1 N–H and O–H groups in total. The van der Waals surface area contributed by atoms with Crippen LogP contribution in [0.15, 0.2) is 36.4 Å². The van der Waals surface area contributed by atoms with Crippen LogP contribution in [0.4, 0.5) is 18.9 Å². The predicted octanol–water partition coefficient (Wildman–Crippen LogP) is 3.94. The van der Waals surface area contributed by atoms with Crippen LogP contribution < -0.4 is 14.4 Å². The second-order valence-corrected chi connectivity index (χ2v) is 6.03. The minimum absolute atomic E-state index is 0.216. The first-order valence-electron chi connectivity index (χ1n) is 8.07. The summed E-state index contributed by atoms with van der Waals surface area (Å²) in [6.07, 6.45) is -4.83. The van der Waals surface area contributed by atoms with Crippen LogP contribution in [0.2, 0.25) is 0 Å². The summed E-state index contributed by atoms with van der Waals surface area (Å²) in [5.41, 5.74) is 1.62. The van der Waals surface area contributed by atoms with E-state index in [4.69, 9.17) is 9.84 Å². The number of hydrogen-bond donors (Lipinski definition) is 1. The zero-order valence-corrected chi connectivity index (χ0v) is 15.3. The smallest absolute Gasteiger partial charge is 0.481 e. The summed E-state index contributed by atoms with van der Waals surface area (Å²) in [4.78, 5) is 24.6. The van der Waals surface area contributed by atoms with Crippen LogP contribution in [0, 0.1) is 13.8 Å². The molecule has 0 spiro atoms. The summed E-state index contributed by atoms with van der Waals surface area (Å²) in [5.74, 6) is -1.66. The van der Waals surface area contributed by atoms with Crippen molar-refractivity contribution in [2.45, 2.75) is 20.2 Å². The zero-order chi connectivity index (χ0) is 21.1. The molecule has 0 heterocycles. The summed E-state index contributed by atoms with van der Waals surface area (Å²) < 4.78 is 46.3. The largest absolute Gasteiger partial charge is 0.573 e. The molecule has 0 saturated carbocycles. The number of halogens is 3. The number of aliphatic carboxylic acids is 1. The average molecular weight is 397 g/mol. The lowest BCUT2D eigenvalue weighted by Gasteiger charge is -2.20. The lowest BCUT2D eigenvalue weighted by molar-refractivity contribution is -0.274. The van der Waals surface area contributed by atoms with Crippen LogP contribution in [0.1, 0.15) is 21.5 Å². The molecule has 0 aliphatic heterocycles. The van der Waals surface area contributed by atoms with Crippen LogP contribution in [0.3, 0.4) is 0 Å². The SMILES string of the molecule is Cc1cc(C(=O)N(C)c2cccc(OC(F)(F)F)c2)cc(C)c1OCC(=O)O. The molecular formula is C19H18F3NO5. The van der Waals surface area contributed by atoms with Gasteiger partial charge >= 0.3 is 12.3 Å². The first-order valence-corrected chi connectivity index (χ1v) is 8.07. The van der Waals surface area contributed by atoms with Crippen molar-refractivity contribution in [1.29, 1.82) is 0 Å². The quantitative estimate of drug-likeness (QED) is 0.799. The molecule has 0 saturated heterocycles. The lowest BCUT2D eigenvalue weighted by atomic mass is 10.0. The summed E-state index contributed by atoms with van der Waals surface area (Å²) >= 11 is 0. The van der Waals surface area contributed by atoms with Crippen molar-refractivity contribution in [3.05, 3.63) is 53.1 Å². The molecule has 2 aromatic carbocycles. The van der Waals surface area contributed by atoms with Gasteiger partial charge in [-0.3, -0.25) is 4.79 Å². The van der Waals surface area contributed by atoms with Crippen LogP contribution >= 0.6 is 0 Å². The molecule has 9 heteroatoms. The molecule has 0 bridgehead atoms. The van der Waals surface area contributed by atoms with E-state index < -0.39 is 30.6 Å². The maximum Gasteiger partial charge on any atom is 0.573 e. The molecule has 0 aliphatic carbocycles. The van der Waals surface area contributed by atoms with Crippen molar-refractivity contribution in [2.75, 3.05) is 18.6 Å². The second kappa shape index (κ2) is 8.20. The normalized spacial score (nSPS) is 11.1. The lowest BCUT2D eigenvalue weighted by Crippen LogP contribution is -2.26. The zero-order valence-electron chi connectivity index (χ0n) is 15.3. The van der Waals surface area contributed by atoms with E-state index in [1.807, 2.05) is 0 Å². The predicted molar refractivity (Wildman–Crippen MR) is 94.9 cm³/mol. The highest BCUT2D eigenvalue weighted by Gasteiger charge is 2.31. The van der Waals surface area contributed by atoms with E-state index in [1.54, 1.807) is 13.8 Å². The van der Waals surface area contributed by atoms with E-state index in [0.717, 1.165) is 12.1 Å². The number of carboxylic acid groups (broad SMARTS) is 1. The maximum atomic E-state index is 12.8. The topological polar surface area (TPSA) is 76.1 Å². The minimum Gasteiger partial charge on any atom is -0.481 e. The van der Waals surface area contributed by atoms with Crippen molar-refractivity contribution < 1.29 is 37.3 Å². The summed E-state index contributed by atoms with van der Waals surface area (Å²) in [6.45, 7) is 2.82. The first-order chi connectivity index (χ1) is 13.0. The Morgan fingerprint density at radius 3 is 2.25 bits per heavy atom. The van der Waals surface area contributed by atoms with Crippen molar-refractivity contribution in [2.24, 2.45) is 0 Å². The standard InChI is InChI=1S/C19H18F3NO5/c1-11-7-13(8-12(2)17(11)27-10-16(24)25)18(26)23(3)14-5-4-6-15(9-14)28-19(20,21)22/h4-9H,10H2,1-3H3,(H,24,25). The van der Waals surface area contributed by atoms with Crippen LogP contribution in [-0.2, 0) is 4.79 Å². The van der Waals surface area contributed by atoms with Gasteiger partial charge in [0.15, 0.2) is 6.61 Å². The Morgan fingerprint density at radius 2 is 1.71 bits per heavy atom. The molecule has 0 atom stereocenters. The van der Waals surface area contributed by atoms with E-state index in [2.05, 4.69) is 4.74 Å². The Morgan fingerprint density at radius 1 is 1.11 bits per heavy atom. The van der Waals surface area contributed by atoms with Gasteiger partial charge < -0.3 is 19.5 Å². The molecule has 0 aliphatic rings. The number of hydrogen-bond acceptors (Lipinski definition) is 4. The van der Waals surface area contributed by atoms with Crippen LogP contribution in [0.25, 0.3) is 0 Å². The van der Waals surface area contributed by atoms with E-state index >= 15 is 0 Å². The van der Waals surface area contributed by atoms with Crippen molar-refractivity contribution >= 4 is 17.6 Å². The van der Waals surface area contributed by atoms with Gasteiger partial charge in [-0.15, -0.1) is 13.2 Å². The van der Waals surface area contributed by atoms with E-state index in [9.17, 15) is 22.8 Å². The first kappa shape index (κ1) is 21.1. The third-order valence-corrected chi connectivity index (χ3v) is 3.79. The van der Waals surface area contributed by atoms with Crippen LogP contribution in [0.5, 0.6) is 11.5 Å². The Kier molecular flexibility index (Phi) is 6.17. The van der Waals surface area contributed by atoms with Gasteiger partial charge in [-0.2, -0.15) is 0 Å². The van der Waals surface area contributed by atoms with E-state index in [0.29, 0.717) is 16.9 Å². The molecule has 0 unspecified atom stereocenters. The Bertz CT molecular complexity index is 872. The van der Waals surface area contributed by atoms with Gasteiger partial charge in [0, 0.05) is 24.4 Å². The van der Waals surface area contributed by atoms with E-state index in [-0.39, 0.29) is 11.3 Å². The monoisotopic (exact) mass is 397 g/mol.